The van der Waals surface area contributed by atoms with E-state index in [1.165, 1.54) is 7.11 Å². The van der Waals surface area contributed by atoms with Crippen LogP contribution in [0.2, 0.25) is 0 Å². The van der Waals surface area contributed by atoms with Crippen LogP contribution in [0, 0.1) is 0 Å². The molecule has 6 heteroatoms. The SMILES string of the molecule is C=CCN(CC=C)c1nc(OC)nc(N(CC=C)CC=C)n1. The van der Waals surface area contributed by atoms with Gasteiger partial charge in [0.1, 0.15) is 0 Å². The maximum absolute atomic E-state index is 5.19. The highest BCUT2D eigenvalue weighted by Crippen LogP contribution is 2.18. The number of hydrogen-bond acceptors (Lipinski definition) is 6. The van der Waals surface area contributed by atoms with Gasteiger partial charge in [0.2, 0.25) is 11.9 Å². The molecule has 0 radical (unpaired) electrons. The van der Waals surface area contributed by atoms with E-state index in [4.69, 9.17) is 4.74 Å². The molecule has 1 heterocycles. The summed E-state index contributed by atoms with van der Waals surface area (Å²) >= 11 is 0. The molecule has 118 valence electrons. The molecule has 0 aliphatic rings. The van der Waals surface area contributed by atoms with Crippen LogP contribution in [-0.4, -0.2) is 48.2 Å². The van der Waals surface area contributed by atoms with E-state index in [-0.39, 0.29) is 6.01 Å². The molecule has 1 aromatic rings. The Bertz CT molecular complexity index is 467. The Labute approximate surface area is 132 Å². The summed E-state index contributed by atoms with van der Waals surface area (Å²) in [6.45, 7) is 17.4. The van der Waals surface area contributed by atoms with Gasteiger partial charge in [0.05, 0.1) is 7.11 Å². The van der Waals surface area contributed by atoms with Crippen molar-refractivity contribution < 1.29 is 4.74 Å². The molecule has 22 heavy (non-hydrogen) atoms. The molecule has 0 unspecified atom stereocenters. The standard InChI is InChI=1S/C16H23N5O/c1-6-10-20(11-7-2)14-17-15(19-16(18-14)22-5)21(12-8-3)13-9-4/h6-9H,1-4,10-13H2,5H3. The van der Waals surface area contributed by atoms with Crippen molar-refractivity contribution in [2.75, 3.05) is 43.1 Å². The van der Waals surface area contributed by atoms with E-state index in [1.54, 1.807) is 24.3 Å². The predicted octanol–water partition coefficient (Wildman–Crippen LogP) is 2.24. The van der Waals surface area contributed by atoms with Gasteiger partial charge in [-0.15, -0.1) is 26.3 Å². The molecule has 0 N–H and O–H groups in total. The van der Waals surface area contributed by atoms with Gasteiger partial charge in [-0.3, -0.25) is 0 Å². The number of hydrogen-bond donors (Lipinski definition) is 0. The summed E-state index contributed by atoms with van der Waals surface area (Å²) in [5, 5.41) is 0. The third-order valence-electron chi connectivity index (χ3n) is 2.74. The van der Waals surface area contributed by atoms with Gasteiger partial charge < -0.3 is 14.5 Å². The average Bonchev–Trinajstić information content (AvgIpc) is 2.54. The lowest BCUT2D eigenvalue weighted by Crippen LogP contribution is -2.29. The molecule has 0 saturated heterocycles. The first kappa shape index (κ1) is 17.4. The maximum Gasteiger partial charge on any atom is 0.322 e. The fourth-order valence-electron chi connectivity index (χ4n) is 1.81. The highest BCUT2D eigenvalue weighted by molar-refractivity contribution is 5.42. The van der Waals surface area contributed by atoms with Crippen molar-refractivity contribution in [3.05, 3.63) is 50.6 Å². The Morgan fingerprint density at radius 2 is 1.14 bits per heavy atom. The van der Waals surface area contributed by atoms with Crippen LogP contribution >= 0.6 is 0 Å². The second-order valence-electron chi connectivity index (χ2n) is 4.39. The topological polar surface area (TPSA) is 54.4 Å². The highest BCUT2D eigenvalue weighted by Gasteiger charge is 2.15. The van der Waals surface area contributed by atoms with Gasteiger partial charge in [0, 0.05) is 26.2 Å². The van der Waals surface area contributed by atoms with Crippen LogP contribution in [0.15, 0.2) is 50.6 Å². The van der Waals surface area contributed by atoms with Crippen molar-refractivity contribution in [2.45, 2.75) is 0 Å². The van der Waals surface area contributed by atoms with E-state index >= 15 is 0 Å². The summed E-state index contributed by atoms with van der Waals surface area (Å²) in [7, 11) is 1.53. The van der Waals surface area contributed by atoms with Gasteiger partial charge in [-0.05, 0) is 0 Å². The molecule has 0 saturated carbocycles. The largest absolute Gasteiger partial charge is 0.467 e. The number of ether oxygens (including phenoxy) is 1. The smallest absolute Gasteiger partial charge is 0.322 e. The monoisotopic (exact) mass is 301 g/mol. The van der Waals surface area contributed by atoms with E-state index in [1.807, 2.05) is 9.80 Å². The van der Waals surface area contributed by atoms with Crippen LogP contribution in [0.1, 0.15) is 0 Å². The summed E-state index contributed by atoms with van der Waals surface area (Å²) in [6.07, 6.45) is 7.13. The van der Waals surface area contributed by atoms with Crippen LogP contribution in [0.3, 0.4) is 0 Å². The van der Waals surface area contributed by atoms with E-state index in [0.717, 1.165) is 0 Å². The lowest BCUT2D eigenvalue weighted by molar-refractivity contribution is 0.378. The fraction of sp³-hybridized carbons (Fsp3) is 0.312. The van der Waals surface area contributed by atoms with Crippen molar-refractivity contribution in [1.29, 1.82) is 0 Å². The third-order valence-corrected chi connectivity index (χ3v) is 2.74. The number of anilines is 2. The summed E-state index contributed by atoms with van der Waals surface area (Å²) < 4.78 is 5.19. The molecule has 0 fully saturated rings. The molecule has 0 aliphatic carbocycles. The molecule has 0 spiro atoms. The van der Waals surface area contributed by atoms with Crippen molar-refractivity contribution in [3.8, 4) is 6.01 Å². The van der Waals surface area contributed by atoms with Gasteiger partial charge in [0.15, 0.2) is 0 Å². The second kappa shape index (κ2) is 9.33. The predicted molar refractivity (Wildman–Crippen MR) is 91.6 cm³/mol. The zero-order chi connectivity index (χ0) is 16.4. The highest BCUT2D eigenvalue weighted by atomic mass is 16.5. The van der Waals surface area contributed by atoms with Crippen LogP contribution in [0.5, 0.6) is 6.01 Å². The number of nitrogens with zero attached hydrogens (tertiary/aromatic N) is 5. The van der Waals surface area contributed by atoms with Crippen LogP contribution in [-0.2, 0) is 0 Å². The molecule has 0 aliphatic heterocycles. The molecule has 0 aromatic carbocycles. The van der Waals surface area contributed by atoms with Crippen molar-refractivity contribution in [3.63, 3.8) is 0 Å². The zero-order valence-corrected chi connectivity index (χ0v) is 13.1. The van der Waals surface area contributed by atoms with Gasteiger partial charge >= 0.3 is 6.01 Å². The molecule has 0 amide bonds. The minimum Gasteiger partial charge on any atom is -0.467 e. The lowest BCUT2D eigenvalue weighted by Gasteiger charge is -2.23. The molecule has 0 atom stereocenters. The Hall–Kier alpha value is -2.63. The molecule has 1 rings (SSSR count). The van der Waals surface area contributed by atoms with Crippen molar-refractivity contribution in [2.24, 2.45) is 0 Å². The summed E-state index contributed by atoms with van der Waals surface area (Å²) in [5.74, 6) is 1.03. The second-order valence-corrected chi connectivity index (χ2v) is 4.39. The normalized spacial score (nSPS) is 9.68. The number of aromatic nitrogens is 3. The molecular weight excluding hydrogens is 278 g/mol. The molecule has 0 bridgehead atoms. The number of methoxy groups -OCH3 is 1. The van der Waals surface area contributed by atoms with Gasteiger partial charge in [-0.1, -0.05) is 24.3 Å². The Balaban J connectivity index is 3.24. The lowest BCUT2D eigenvalue weighted by atomic mass is 10.4. The Kier molecular flexibility index (Phi) is 7.39. The number of rotatable bonds is 11. The van der Waals surface area contributed by atoms with E-state index in [0.29, 0.717) is 38.1 Å². The van der Waals surface area contributed by atoms with E-state index in [2.05, 4.69) is 41.3 Å². The van der Waals surface area contributed by atoms with Crippen LogP contribution in [0.4, 0.5) is 11.9 Å². The first-order chi connectivity index (χ1) is 10.7. The zero-order valence-electron chi connectivity index (χ0n) is 13.1. The first-order valence-electron chi connectivity index (χ1n) is 6.93. The molecule has 1 aromatic heterocycles. The van der Waals surface area contributed by atoms with Crippen LogP contribution < -0.4 is 14.5 Å². The third kappa shape index (κ3) is 4.73. The van der Waals surface area contributed by atoms with Crippen LogP contribution in [0.25, 0.3) is 0 Å². The molecule has 6 nitrogen and oxygen atoms in total. The maximum atomic E-state index is 5.19. The molecular formula is C16H23N5O. The quantitative estimate of drug-likeness (QED) is 0.584. The van der Waals surface area contributed by atoms with Crippen molar-refractivity contribution in [1.82, 2.24) is 15.0 Å². The Morgan fingerprint density at radius 1 is 0.773 bits per heavy atom. The van der Waals surface area contributed by atoms with Crippen molar-refractivity contribution >= 4 is 11.9 Å². The fourth-order valence-corrected chi connectivity index (χ4v) is 1.81. The minimum atomic E-state index is 0.260. The average molecular weight is 301 g/mol. The van der Waals surface area contributed by atoms with Gasteiger partial charge in [-0.25, -0.2) is 0 Å². The summed E-state index contributed by atoms with van der Waals surface area (Å²) in [5.41, 5.74) is 0. The Morgan fingerprint density at radius 3 is 1.41 bits per heavy atom. The minimum absolute atomic E-state index is 0.260. The summed E-state index contributed by atoms with van der Waals surface area (Å²) in [6, 6.07) is 0.260. The van der Waals surface area contributed by atoms with Gasteiger partial charge in [0.25, 0.3) is 0 Å². The first-order valence-corrected chi connectivity index (χ1v) is 6.93. The van der Waals surface area contributed by atoms with E-state index in [9.17, 15) is 0 Å². The van der Waals surface area contributed by atoms with Gasteiger partial charge in [-0.2, -0.15) is 15.0 Å². The van der Waals surface area contributed by atoms with E-state index < -0.39 is 0 Å². The summed E-state index contributed by atoms with van der Waals surface area (Å²) in [4.78, 5) is 17.0.